The number of nitrogens with zero attached hydrogens (tertiary/aromatic N) is 1. The molecule has 1 aromatic carbocycles. The Kier molecular flexibility index (Phi) is 2.97. The van der Waals surface area contributed by atoms with Crippen LogP contribution in [0, 0.1) is 6.92 Å². The number of aryl methyl sites for hydroxylation is 1. The average molecular weight is 167 g/mol. The molecule has 0 aliphatic heterocycles. The van der Waals surface area contributed by atoms with Gasteiger partial charge in [-0.1, -0.05) is 18.2 Å². The standard InChI is InChI=1S/C10H9NO.Li.H/c1-7-4-5-8-3-2-6-11-9(8)10(7)12;;/h2-6,12H,1H3;;/q;+1;-1. The maximum Gasteiger partial charge on any atom is 1.00 e. The summed E-state index contributed by atoms with van der Waals surface area (Å²) >= 11 is 0. The number of fused-ring (bicyclic) bond motifs is 1. The van der Waals surface area contributed by atoms with Crippen LogP contribution >= 0.6 is 0 Å². The molecule has 13 heavy (non-hydrogen) atoms. The van der Waals surface area contributed by atoms with Gasteiger partial charge in [0.05, 0.1) is 0 Å². The number of benzene rings is 1. The third kappa shape index (κ3) is 1.69. The summed E-state index contributed by atoms with van der Waals surface area (Å²) in [5, 5.41) is 10.6. The molecule has 2 aromatic rings. The second-order valence-corrected chi connectivity index (χ2v) is 2.81. The van der Waals surface area contributed by atoms with Gasteiger partial charge in [0.1, 0.15) is 11.3 Å². The Balaban J connectivity index is 0.000000845. The molecule has 1 aromatic heterocycles. The molecule has 62 valence electrons. The quantitative estimate of drug-likeness (QED) is 0.530. The number of phenols is 1. The Morgan fingerprint density at radius 1 is 1.31 bits per heavy atom. The minimum Gasteiger partial charge on any atom is -1.00 e. The molecule has 0 radical (unpaired) electrons. The zero-order valence-electron chi connectivity index (χ0n) is 8.78. The topological polar surface area (TPSA) is 33.1 Å². The summed E-state index contributed by atoms with van der Waals surface area (Å²) < 4.78 is 0. The van der Waals surface area contributed by atoms with E-state index < -0.39 is 0 Å². The Morgan fingerprint density at radius 2 is 2.08 bits per heavy atom. The molecule has 0 aliphatic rings. The molecule has 1 heterocycles. The van der Waals surface area contributed by atoms with Gasteiger partial charge in [-0.05, 0) is 18.6 Å². The van der Waals surface area contributed by atoms with Crippen LogP contribution in [-0.2, 0) is 0 Å². The van der Waals surface area contributed by atoms with Crippen LogP contribution in [0.25, 0.3) is 10.9 Å². The molecule has 0 fully saturated rings. The first kappa shape index (κ1) is 10.1. The summed E-state index contributed by atoms with van der Waals surface area (Å²) in [5.74, 6) is 0.285. The van der Waals surface area contributed by atoms with Crippen LogP contribution in [0.2, 0.25) is 0 Å². The van der Waals surface area contributed by atoms with Gasteiger partial charge in [-0.2, -0.15) is 0 Å². The van der Waals surface area contributed by atoms with Gasteiger partial charge in [0, 0.05) is 11.6 Å². The van der Waals surface area contributed by atoms with Crippen molar-refractivity contribution < 1.29 is 25.4 Å². The van der Waals surface area contributed by atoms with Crippen molar-refractivity contribution in [3.8, 4) is 5.75 Å². The van der Waals surface area contributed by atoms with Gasteiger partial charge < -0.3 is 6.53 Å². The van der Waals surface area contributed by atoms with Crippen molar-refractivity contribution in [1.82, 2.24) is 4.98 Å². The number of aromatic hydroxyl groups is 1. The van der Waals surface area contributed by atoms with Crippen LogP contribution in [0.4, 0.5) is 0 Å². The molecule has 0 saturated heterocycles. The molecule has 2 nitrogen and oxygen atoms in total. The molecule has 0 bridgehead atoms. The average Bonchev–Trinajstić information content (AvgIpc) is 2.12. The van der Waals surface area contributed by atoms with E-state index >= 15 is 0 Å². The molecule has 0 aliphatic carbocycles. The van der Waals surface area contributed by atoms with Gasteiger partial charge in [-0.15, -0.1) is 0 Å². The van der Waals surface area contributed by atoms with Gasteiger partial charge in [-0.3, -0.25) is 4.98 Å². The zero-order chi connectivity index (χ0) is 8.55. The fourth-order valence-corrected chi connectivity index (χ4v) is 1.23. The first-order chi connectivity index (χ1) is 5.79. The van der Waals surface area contributed by atoms with E-state index in [1.165, 1.54) is 0 Å². The van der Waals surface area contributed by atoms with E-state index in [0.29, 0.717) is 5.52 Å². The number of rotatable bonds is 0. The van der Waals surface area contributed by atoms with E-state index in [9.17, 15) is 5.11 Å². The first-order valence-corrected chi connectivity index (χ1v) is 3.82. The first-order valence-electron chi connectivity index (χ1n) is 3.82. The van der Waals surface area contributed by atoms with E-state index in [0.717, 1.165) is 10.9 Å². The summed E-state index contributed by atoms with van der Waals surface area (Å²) in [5.41, 5.74) is 1.54. The fourth-order valence-electron chi connectivity index (χ4n) is 1.23. The summed E-state index contributed by atoms with van der Waals surface area (Å²) in [7, 11) is 0. The van der Waals surface area contributed by atoms with E-state index in [1.807, 2.05) is 31.2 Å². The summed E-state index contributed by atoms with van der Waals surface area (Å²) in [6, 6.07) is 7.63. The van der Waals surface area contributed by atoms with Crippen molar-refractivity contribution in [2.75, 3.05) is 0 Å². The normalized spacial score (nSPS) is 9.62. The predicted octanol–water partition coefficient (Wildman–Crippen LogP) is -0.635. The summed E-state index contributed by atoms with van der Waals surface area (Å²) in [4.78, 5) is 4.09. The van der Waals surface area contributed by atoms with Crippen LogP contribution in [0.15, 0.2) is 30.5 Å². The Bertz CT molecular complexity index is 433. The Morgan fingerprint density at radius 3 is 2.85 bits per heavy atom. The van der Waals surface area contributed by atoms with Crippen molar-refractivity contribution >= 4 is 10.9 Å². The monoisotopic (exact) mass is 167 g/mol. The SMILES string of the molecule is Cc1ccc2cccnc2c1O.[H-].[Li+]. The smallest absolute Gasteiger partial charge is 1.00 e. The Hall–Kier alpha value is -0.973. The maximum atomic E-state index is 9.60. The van der Waals surface area contributed by atoms with Crippen LogP contribution in [-0.4, -0.2) is 10.1 Å². The molecule has 0 unspecified atom stereocenters. The third-order valence-electron chi connectivity index (χ3n) is 1.95. The maximum absolute atomic E-state index is 9.60. The number of aromatic nitrogens is 1. The van der Waals surface area contributed by atoms with E-state index in [4.69, 9.17) is 0 Å². The fraction of sp³-hybridized carbons (Fsp3) is 0.100. The molecular weight excluding hydrogens is 157 g/mol. The van der Waals surface area contributed by atoms with Crippen molar-refractivity contribution in [3.05, 3.63) is 36.0 Å². The minimum absolute atomic E-state index is 0. The number of pyridine rings is 1. The molecule has 0 spiro atoms. The van der Waals surface area contributed by atoms with Gasteiger partial charge in [0.25, 0.3) is 0 Å². The van der Waals surface area contributed by atoms with Crippen molar-refractivity contribution in [2.45, 2.75) is 6.92 Å². The number of phenolic OH excluding ortho intramolecular Hbond substituents is 1. The second-order valence-electron chi connectivity index (χ2n) is 2.81. The van der Waals surface area contributed by atoms with Crippen molar-refractivity contribution in [3.63, 3.8) is 0 Å². The second kappa shape index (κ2) is 3.82. The number of hydrogen-bond donors (Lipinski definition) is 1. The van der Waals surface area contributed by atoms with Gasteiger partial charge in [0.15, 0.2) is 0 Å². The van der Waals surface area contributed by atoms with E-state index in [-0.39, 0.29) is 26.0 Å². The number of hydrogen-bond acceptors (Lipinski definition) is 2. The van der Waals surface area contributed by atoms with Crippen LogP contribution in [0.5, 0.6) is 5.75 Å². The van der Waals surface area contributed by atoms with Crippen LogP contribution < -0.4 is 18.9 Å². The van der Waals surface area contributed by atoms with Crippen LogP contribution in [0.1, 0.15) is 6.99 Å². The molecule has 2 rings (SSSR count). The predicted molar refractivity (Wildman–Crippen MR) is 49.3 cm³/mol. The molecule has 0 saturated carbocycles. The van der Waals surface area contributed by atoms with Gasteiger partial charge >= 0.3 is 18.9 Å². The van der Waals surface area contributed by atoms with Crippen molar-refractivity contribution in [2.24, 2.45) is 0 Å². The van der Waals surface area contributed by atoms with E-state index in [1.54, 1.807) is 6.20 Å². The van der Waals surface area contributed by atoms with E-state index in [2.05, 4.69) is 4.98 Å². The van der Waals surface area contributed by atoms with Gasteiger partial charge in [-0.25, -0.2) is 0 Å². The third-order valence-corrected chi connectivity index (χ3v) is 1.95. The summed E-state index contributed by atoms with van der Waals surface area (Å²) in [6.07, 6.45) is 1.68. The Labute approximate surface area is 90.3 Å². The largest absolute Gasteiger partial charge is 1.00 e. The van der Waals surface area contributed by atoms with Crippen molar-refractivity contribution in [1.29, 1.82) is 0 Å². The van der Waals surface area contributed by atoms with Crippen LogP contribution in [0.3, 0.4) is 0 Å². The molecule has 3 heteroatoms. The zero-order valence-corrected chi connectivity index (χ0v) is 7.78. The summed E-state index contributed by atoms with van der Waals surface area (Å²) in [6.45, 7) is 1.86. The molecule has 0 atom stereocenters. The molecule has 0 amide bonds. The molecule has 1 N–H and O–H groups in total. The minimum atomic E-state index is 0. The van der Waals surface area contributed by atoms with Gasteiger partial charge in [0.2, 0.25) is 0 Å². The molecular formula is C10H10LiNO.